The van der Waals surface area contributed by atoms with Crippen molar-refractivity contribution in [1.82, 2.24) is 19.9 Å². The van der Waals surface area contributed by atoms with Gasteiger partial charge in [0, 0.05) is 13.0 Å². The topological polar surface area (TPSA) is 74.7 Å². The summed E-state index contributed by atoms with van der Waals surface area (Å²) in [5.41, 5.74) is 1.32. The fourth-order valence-electron chi connectivity index (χ4n) is 2.82. The molecular formula is C12H15ClN4O. The molecule has 2 heterocycles. The highest BCUT2D eigenvalue weighted by molar-refractivity contribution is 6.33. The molecule has 0 amide bonds. The highest BCUT2D eigenvalue weighted by Gasteiger charge is 2.27. The van der Waals surface area contributed by atoms with Crippen LogP contribution in [0.1, 0.15) is 25.1 Å². The van der Waals surface area contributed by atoms with Gasteiger partial charge in [-0.1, -0.05) is 18.0 Å². The molecule has 0 aromatic carbocycles. The number of imidazole rings is 1. The quantitative estimate of drug-likeness (QED) is 0.833. The Hall–Kier alpha value is -1.20. The molecule has 0 radical (unpaired) electrons. The molecular weight excluding hydrogens is 252 g/mol. The Labute approximate surface area is 110 Å². The van der Waals surface area contributed by atoms with Crippen LogP contribution in [-0.2, 0) is 6.42 Å². The van der Waals surface area contributed by atoms with E-state index in [0.717, 1.165) is 25.1 Å². The van der Waals surface area contributed by atoms with Crippen molar-refractivity contribution in [3.05, 3.63) is 17.3 Å². The second-order valence-electron chi connectivity index (χ2n) is 4.88. The number of hydrogen-bond donors (Lipinski definition) is 2. The van der Waals surface area contributed by atoms with E-state index in [-0.39, 0.29) is 6.61 Å². The minimum Gasteiger partial charge on any atom is -0.396 e. The lowest BCUT2D eigenvalue weighted by Gasteiger charge is -2.15. The van der Waals surface area contributed by atoms with E-state index in [4.69, 9.17) is 11.6 Å². The van der Waals surface area contributed by atoms with Gasteiger partial charge in [-0.3, -0.25) is 0 Å². The minimum atomic E-state index is 0.269. The van der Waals surface area contributed by atoms with Crippen molar-refractivity contribution in [2.75, 3.05) is 6.61 Å². The smallest absolute Gasteiger partial charge is 0.182 e. The minimum absolute atomic E-state index is 0.269. The largest absolute Gasteiger partial charge is 0.396 e. The molecule has 0 spiro atoms. The molecule has 0 aliphatic heterocycles. The number of rotatable bonds is 3. The molecule has 1 aliphatic carbocycles. The highest BCUT2D eigenvalue weighted by atomic mass is 35.5. The normalized spacial score (nSPS) is 23.9. The molecule has 96 valence electrons. The maximum absolute atomic E-state index is 9.32. The molecule has 2 aromatic rings. The van der Waals surface area contributed by atoms with Gasteiger partial charge < -0.3 is 10.1 Å². The first kappa shape index (κ1) is 11.9. The molecule has 18 heavy (non-hydrogen) atoms. The molecule has 2 N–H and O–H groups in total. The Bertz CT molecular complexity index is 556. The van der Waals surface area contributed by atoms with E-state index in [0.29, 0.717) is 28.2 Å². The van der Waals surface area contributed by atoms with Crippen LogP contribution < -0.4 is 0 Å². The van der Waals surface area contributed by atoms with E-state index in [2.05, 4.69) is 19.9 Å². The van der Waals surface area contributed by atoms with Gasteiger partial charge in [0.05, 0.1) is 0 Å². The molecule has 1 aliphatic rings. The monoisotopic (exact) mass is 266 g/mol. The molecule has 5 nitrogen and oxygen atoms in total. The molecule has 0 unspecified atom stereocenters. The number of halogens is 1. The molecule has 2 aromatic heterocycles. The summed E-state index contributed by atoms with van der Waals surface area (Å²) in [6.45, 7) is 0.269. The summed E-state index contributed by atoms with van der Waals surface area (Å²) in [5.74, 6) is 1.79. The van der Waals surface area contributed by atoms with Gasteiger partial charge in [0.2, 0.25) is 0 Å². The third-order valence-electron chi connectivity index (χ3n) is 3.80. The van der Waals surface area contributed by atoms with Gasteiger partial charge in [0.25, 0.3) is 0 Å². The van der Waals surface area contributed by atoms with Crippen molar-refractivity contribution < 1.29 is 5.11 Å². The summed E-state index contributed by atoms with van der Waals surface area (Å²) in [5, 5.41) is 9.73. The predicted octanol–water partition coefficient (Wildman–Crippen LogP) is 1.96. The van der Waals surface area contributed by atoms with Gasteiger partial charge in [0.1, 0.15) is 17.7 Å². The third-order valence-corrected chi connectivity index (χ3v) is 4.08. The predicted molar refractivity (Wildman–Crippen MR) is 68.3 cm³/mol. The Balaban J connectivity index is 1.84. The summed E-state index contributed by atoms with van der Waals surface area (Å²) < 4.78 is 0. The molecule has 0 saturated heterocycles. The summed E-state index contributed by atoms with van der Waals surface area (Å²) in [4.78, 5) is 15.6. The molecule has 2 atom stereocenters. The maximum atomic E-state index is 9.32. The van der Waals surface area contributed by atoms with E-state index in [1.807, 2.05) is 0 Å². The molecule has 1 fully saturated rings. The first-order chi connectivity index (χ1) is 8.78. The number of aliphatic hydroxyl groups is 1. The average molecular weight is 267 g/mol. The fraction of sp³-hybridized carbons (Fsp3) is 0.583. The molecule has 0 bridgehead atoms. The van der Waals surface area contributed by atoms with Gasteiger partial charge >= 0.3 is 0 Å². The number of aromatic nitrogens is 4. The van der Waals surface area contributed by atoms with Crippen molar-refractivity contribution in [3.8, 4) is 0 Å². The van der Waals surface area contributed by atoms with E-state index in [1.165, 1.54) is 12.7 Å². The van der Waals surface area contributed by atoms with Gasteiger partial charge in [-0.05, 0) is 24.7 Å². The number of hydrogen-bond acceptors (Lipinski definition) is 4. The molecule has 3 rings (SSSR count). The summed E-state index contributed by atoms with van der Waals surface area (Å²) in [6, 6.07) is 0. The van der Waals surface area contributed by atoms with Crippen LogP contribution >= 0.6 is 11.6 Å². The SMILES string of the molecule is OC[C@@H]1CCC[C@@H]1Cc1nc2ncnc(Cl)c2[nH]1. The van der Waals surface area contributed by atoms with Crippen LogP contribution in [-0.4, -0.2) is 31.6 Å². The second-order valence-corrected chi connectivity index (χ2v) is 5.24. The van der Waals surface area contributed by atoms with Crippen molar-refractivity contribution >= 4 is 22.8 Å². The molecule has 6 heteroatoms. The van der Waals surface area contributed by atoms with Crippen LogP contribution in [0.3, 0.4) is 0 Å². The van der Waals surface area contributed by atoms with Gasteiger partial charge in [-0.25, -0.2) is 15.0 Å². The Morgan fingerprint density at radius 1 is 1.33 bits per heavy atom. The van der Waals surface area contributed by atoms with Gasteiger partial charge in [-0.15, -0.1) is 0 Å². The number of aliphatic hydroxyl groups excluding tert-OH is 1. The Morgan fingerprint density at radius 3 is 2.94 bits per heavy atom. The van der Waals surface area contributed by atoms with E-state index in [1.54, 1.807) is 0 Å². The maximum Gasteiger partial charge on any atom is 0.182 e. The Morgan fingerprint density at radius 2 is 2.17 bits per heavy atom. The molecule has 1 saturated carbocycles. The van der Waals surface area contributed by atoms with Crippen LogP contribution in [0.15, 0.2) is 6.33 Å². The average Bonchev–Trinajstić information content (AvgIpc) is 2.96. The van der Waals surface area contributed by atoms with E-state index in [9.17, 15) is 5.11 Å². The zero-order chi connectivity index (χ0) is 12.5. The lowest BCUT2D eigenvalue weighted by molar-refractivity contribution is 0.193. The van der Waals surface area contributed by atoms with Crippen LogP contribution in [0.4, 0.5) is 0 Å². The zero-order valence-electron chi connectivity index (χ0n) is 9.93. The van der Waals surface area contributed by atoms with Crippen molar-refractivity contribution in [1.29, 1.82) is 0 Å². The highest BCUT2D eigenvalue weighted by Crippen LogP contribution is 2.33. The first-order valence-electron chi connectivity index (χ1n) is 6.24. The lowest BCUT2D eigenvalue weighted by atomic mass is 9.93. The lowest BCUT2D eigenvalue weighted by Crippen LogP contribution is -2.15. The van der Waals surface area contributed by atoms with E-state index < -0.39 is 0 Å². The number of nitrogens with zero attached hydrogens (tertiary/aromatic N) is 3. The van der Waals surface area contributed by atoms with Gasteiger partial charge in [-0.2, -0.15) is 0 Å². The zero-order valence-corrected chi connectivity index (χ0v) is 10.7. The van der Waals surface area contributed by atoms with E-state index >= 15 is 0 Å². The fourth-order valence-corrected chi connectivity index (χ4v) is 2.99. The Kier molecular flexibility index (Phi) is 3.18. The van der Waals surface area contributed by atoms with Crippen molar-refractivity contribution in [2.24, 2.45) is 11.8 Å². The van der Waals surface area contributed by atoms with Crippen LogP contribution in [0.5, 0.6) is 0 Å². The summed E-state index contributed by atoms with van der Waals surface area (Å²) in [6.07, 6.45) is 5.72. The summed E-state index contributed by atoms with van der Waals surface area (Å²) in [7, 11) is 0. The van der Waals surface area contributed by atoms with Gasteiger partial charge in [0.15, 0.2) is 10.8 Å². The number of aromatic amines is 1. The van der Waals surface area contributed by atoms with Crippen molar-refractivity contribution in [3.63, 3.8) is 0 Å². The van der Waals surface area contributed by atoms with Crippen LogP contribution in [0.2, 0.25) is 5.15 Å². The number of H-pyrrole nitrogens is 1. The third kappa shape index (κ3) is 2.08. The first-order valence-corrected chi connectivity index (χ1v) is 6.61. The standard InChI is InChI=1S/C12H15ClN4O/c13-11-10-12(15-6-14-11)17-9(16-10)4-7-2-1-3-8(7)5-18/h6-8,18H,1-5H2,(H,14,15,16,17)/t7-,8+/m1/s1. The number of nitrogens with one attached hydrogen (secondary N) is 1. The second kappa shape index (κ2) is 4.82. The van der Waals surface area contributed by atoms with Crippen LogP contribution in [0, 0.1) is 11.8 Å². The number of fused-ring (bicyclic) bond motifs is 1. The van der Waals surface area contributed by atoms with Crippen molar-refractivity contribution in [2.45, 2.75) is 25.7 Å². The summed E-state index contributed by atoms with van der Waals surface area (Å²) >= 11 is 5.98. The van der Waals surface area contributed by atoms with Crippen LogP contribution in [0.25, 0.3) is 11.2 Å².